The predicted octanol–water partition coefficient (Wildman–Crippen LogP) is 2.26. The maximum Gasteiger partial charge on any atom is 0.309 e. The highest BCUT2D eigenvalue weighted by Crippen LogP contribution is 2.37. The SMILES string of the molecule is O=C(O)CC1(c2cc(Br)ccc2F)OCCO1. The summed E-state index contributed by atoms with van der Waals surface area (Å²) in [5.74, 6) is -3.16. The van der Waals surface area contributed by atoms with E-state index in [0.29, 0.717) is 4.47 Å². The monoisotopic (exact) mass is 304 g/mol. The van der Waals surface area contributed by atoms with Crippen molar-refractivity contribution >= 4 is 21.9 Å². The number of hydrogen-bond donors (Lipinski definition) is 1. The summed E-state index contributed by atoms with van der Waals surface area (Å²) in [5, 5.41) is 8.87. The molecule has 2 rings (SSSR count). The van der Waals surface area contributed by atoms with Crippen molar-refractivity contribution < 1.29 is 23.8 Å². The van der Waals surface area contributed by atoms with Crippen molar-refractivity contribution in [3.8, 4) is 0 Å². The van der Waals surface area contributed by atoms with Crippen LogP contribution >= 0.6 is 15.9 Å². The zero-order chi connectivity index (χ0) is 12.5. The van der Waals surface area contributed by atoms with Gasteiger partial charge in [-0.2, -0.15) is 0 Å². The minimum Gasteiger partial charge on any atom is -0.481 e. The first-order chi connectivity index (χ1) is 8.03. The van der Waals surface area contributed by atoms with Gasteiger partial charge >= 0.3 is 5.97 Å². The van der Waals surface area contributed by atoms with Crippen LogP contribution in [0.1, 0.15) is 12.0 Å². The van der Waals surface area contributed by atoms with Gasteiger partial charge in [0.2, 0.25) is 5.79 Å². The van der Waals surface area contributed by atoms with Crippen LogP contribution in [-0.4, -0.2) is 24.3 Å². The fourth-order valence-electron chi connectivity index (χ4n) is 1.80. The van der Waals surface area contributed by atoms with Crippen molar-refractivity contribution in [1.82, 2.24) is 0 Å². The van der Waals surface area contributed by atoms with Gasteiger partial charge in [0, 0.05) is 10.0 Å². The molecular formula is C11H10BrFO4. The van der Waals surface area contributed by atoms with Crippen molar-refractivity contribution in [2.75, 3.05) is 13.2 Å². The molecular weight excluding hydrogens is 295 g/mol. The molecule has 0 aliphatic carbocycles. The smallest absolute Gasteiger partial charge is 0.309 e. The molecule has 0 saturated carbocycles. The Morgan fingerprint density at radius 1 is 1.47 bits per heavy atom. The summed E-state index contributed by atoms with van der Waals surface area (Å²) in [5.41, 5.74) is 0.103. The molecule has 1 saturated heterocycles. The second kappa shape index (κ2) is 4.72. The van der Waals surface area contributed by atoms with Crippen LogP contribution in [0.2, 0.25) is 0 Å². The highest BCUT2D eigenvalue weighted by molar-refractivity contribution is 9.10. The summed E-state index contributed by atoms with van der Waals surface area (Å²) in [6, 6.07) is 4.25. The van der Waals surface area contributed by atoms with Crippen molar-refractivity contribution in [2.45, 2.75) is 12.2 Å². The highest BCUT2D eigenvalue weighted by atomic mass is 79.9. The van der Waals surface area contributed by atoms with Crippen LogP contribution in [0.15, 0.2) is 22.7 Å². The molecule has 0 aromatic heterocycles. The van der Waals surface area contributed by atoms with Crippen molar-refractivity contribution in [3.05, 3.63) is 34.1 Å². The summed E-state index contributed by atoms with van der Waals surface area (Å²) in [4.78, 5) is 10.8. The van der Waals surface area contributed by atoms with Crippen LogP contribution in [0, 0.1) is 5.82 Å². The fourth-order valence-corrected chi connectivity index (χ4v) is 2.16. The van der Waals surface area contributed by atoms with Gasteiger partial charge < -0.3 is 14.6 Å². The van der Waals surface area contributed by atoms with Crippen molar-refractivity contribution in [1.29, 1.82) is 0 Å². The lowest BCUT2D eigenvalue weighted by Gasteiger charge is -2.26. The molecule has 17 heavy (non-hydrogen) atoms. The molecule has 0 amide bonds. The maximum atomic E-state index is 13.7. The van der Waals surface area contributed by atoms with Gasteiger partial charge in [-0.1, -0.05) is 15.9 Å². The molecule has 0 unspecified atom stereocenters. The summed E-state index contributed by atoms with van der Waals surface area (Å²) >= 11 is 3.21. The van der Waals surface area contributed by atoms with Gasteiger partial charge in [-0.15, -0.1) is 0 Å². The summed E-state index contributed by atoms with van der Waals surface area (Å²) in [6.45, 7) is 0.498. The van der Waals surface area contributed by atoms with Crippen LogP contribution in [0.5, 0.6) is 0 Å². The molecule has 0 atom stereocenters. The fraction of sp³-hybridized carbons (Fsp3) is 0.364. The van der Waals surface area contributed by atoms with E-state index >= 15 is 0 Å². The number of aliphatic carboxylic acids is 1. The van der Waals surface area contributed by atoms with Gasteiger partial charge in [0.1, 0.15) is 12.2 Å². The molecule has 92 valence electrons. The zero-order valence-corrected chi connectivity index (χ0v) is 10.4. The van der Waals surface area contributed by atoms with Gasteiger partial charge in [0.25, 0.3) is 0 Å². The molecule has 0 bridgehead atoms. The molecule has 4 nitrogen and oxygen atoms in total. The largest absolute Gasteiger partial charge is 0.481 e. The lowest BCUT2D eigenvalue weighted by molar-refractivity contribution is -0.186. The summed E-state index contributed by atoms with van der Waals surface area (Å²) < 4.78 is 25.0. The van der Waals surface area contributed by atoms with E-state index in [4.69, 9.17) is 14.6 Å². The standard InChI is InChI=1S/C11H10BrFO4/c12-7-1-2-9(13)8(5-7)11(6-10(14)15)16-3-4-17-11/h1-2,5H,3-4,6H2,(H,14,15). The van der Waals surface area contributed by atoms with Gasteiger partial charge in [-0.3, -0.25) is 4.79 Å². The number of carboxylic acid groups (broad SMARTS) is 1. The Kier molecular flexibility index (Phi) is 3.46. The second-order valence-electron chi connectivity index (χ2n) is 3.64. The molecule has 0 spiro atoms. The third-order valence-corrected chi connectivity index (χ3v) is 2.97. The van der Waals surface area contributed by atoms with E-state index < -0.39 is 24.0 Å². The maximum absolute atomic E-state index is 13.7. The van der Waals surface area contributed by atoms with Crippen LogP contribution in [0.3, 0.4) is 0 Å². The first-order valence-electron chi connectivity index (χ1n) is 4.99. The number of carboxylic acids is 1. The Morgan fingerprint density at radius 2 is 2.12 bits per heavy atom. The first kappa shape index (κ1) is 12.5. The lowest BCUT2D eigenvalue weighted by Crippen LogP contribution is -2.31. The topological polar surface area (TPSA) is 55.8 Å². The lowest BCUT2D eigenvalue weighted by atomic mass is 10.0. The molecule has 1 fully saturated rings. The normalized spacial score (nSPS) is 18.2. The average molecular weight is 305 g/mol. The van der Waals surface area contributed by atoms with Crippen molar-refractivity contribution in [3.63, 3.8) is 0 Å². The van der Waals surface area contributed by atoms with E-state index in [9.17, 15) is 9.18 Å². The minimum atomic E-state index is -1.51. The third kappa shape index (κ3) is 2.48. The Labute approximate surface area is 105 Å². The molecule has 6 heteroatoms. The number of rotatable bonds is 3. The van der Waals surface area contributed by atoms with Crippen LogP contribution in [-0.2, 0) is 20.1 Å². The number of halogens is 2. The van der Waals surface area contributed by atoms with Gasteiger partial charge in [0.05, 0.1) is 13.2 Å². The molecule has 0 radical (unpaired) electrons. The number of benzene rings is 1. The molecule has 1 heterocycles. The molecule has 1 aromatic carbocycles. The Morgan fingerprint density at radius 3 is 2.71 bits per heavy atom. The van der Waals surface area contributed by atoms with E-state index in [1.165, 1.54) is 18.2 Å². The average Bonchev–Trinajstić information content (AvgIpc) is 2.70. The molecule has 1 aliphatic rings. The Bertz CT molecular complexity index is 443. The summed E-state index contributed by atoms with van der Waals surface area (Å²) in [6.07, 6.45) is -0.430. The highest BCUT2D eigenvalue weighted by Gasteiger charge is 2.43. The second-order valence-corrected chi connectivity index (χ2v) is 4.56. The van der Waals surface area contributed by atoms with E-state index in [1.807, 2.05) is 0 Å². The number of ether oxygens (including phenoxy) is 2. The van der Waals surface area contributed by atoms with E-state index in [2.05, 4.69) is 15.9 Å². The van der Waals surface area contributed by atoms with Gasteiger partial charge in [-0.05, 0) is 18.2 Å². The van der Waals surface area contributed by atoms with E-state index in [-0.39, 0.29) is 18.8 Å². The molecule has 1 aromatic rings. The Hall–Kier alpha value is -0.980. The zero-order valence-electron chi connectivity index (χ0n) is 8.78. The van der Waals surface area contributed by atoms with Gasteiger partial charge in [-0.25, -0.2) is 4.39 Å². The summed E-state index contributed by atoms with van der Waals surface area (Å²) in [7, 11) is 0. The quantitative estimate of drug-likeness (QED) is 0.930. The Balaban J connectivity index is 2.45. The number of hydrogen-bond acceptors (Lipinski definition) is 3. The van der Waals surface area contributed by atoms with Gasteiger partial charge in [0.15, 0.2) is 0 Å². The van der Waals surface area contributed by atoms with Crippen molar-refractivity contribution in [2.24, 2.45) is 0 Å². The molecule has 1 N–H and O–H groups in total. The van der Waals surface area contributed by atoms with E-state index in [0.717, 1.165) is 0 Å². The predicted molar refractivity (Wildman–Crippen MR) is 59.9 cm³/mol. The number of carbonyl (C=O) groups is 1. The van der Waals surface area contributed by atoms with Crippen LogP contribution in [0.4, 0.5) is 4.39 Å². The first-order valence-corrected chi connectivity index (χ1v) is 5.78. The third-order valence-electron chi connectivity index (χ3n) is 2.48. The molecule has 1 aliphatic heterocycles. The van der Waals surface area contributed by atoms with E-state index in [1.54, 1.807) is 0 Å². The van der Waals surface area contributed by atoms with Crippen LogP contribution in [0.25, 0.3) is 0 Å². The minimum absolute atomic E-state index is 0.103. The van der Waals surface area contributed by atoms with Crippen LogP contribution < -0.4 is 0 Å².